The second-order valence-electron chi connectivity index (χ2n) is 4.94. The largest absolute Gasteiger partial charge is 0.379 e. The summed E-state index contributed by atoms with van der Waals surface area (Å²) < 4.78 is 0. The second-order valence-corrected chi connectivity index (χ2v) is 4.94. The fraction of sp³-hybridized carbons (Fsp3) is 0.538. The molecule has 0 aliphatic heterocycles. The van der Waals surface area contributed by atoms with Crippen LogP contribution in [0.4, 0.5) is 17.1 Å². The molecule has 1 rings (SSSR count). The molecular formula is C13H21N5O4. The average molecular weight is 311 g/mol. The zero-order valence-corrected chi connectivity index (χ0v) is 12.5. The smallest absolute Gasteiger partial charge is 0.299 e. The lowest BCUT2D eigenvalue weighted by molar-refractivity contribution is -0.393. The van der Waals surface area contributed by atoms with Gasteiger partial charge in [0.1, 0.15) is 5.69 Å². The van der Waals surface area contributed by atoms with Gasteiger partial charge in [-0.1, -0.05) is 0 Å². The minimum absolute atomic E-state index is 0.286. The molecular weight excluding hydrogens is 290 g/mol. The van der Waals surface area contributed by atoms with Crippen molar-refractivity contribution in [2.24, 2.45) is 5.73 Å². The van der Waals surface area contributed by atoms with Crippen molar-refractivity contribution < 1.29 is 9.85 Å². The lowest BCUT2D eigenvalue weighted by Gasteiger charge is -2.16. The number of nitrogens with two attached hydrogens (primary N) is 1. The number of hydrogen-bond donors (Lipinski definition) is 2. The predicted octanol–water partition coefficient (Wildman–Crippen LogP) is 1.59. The van der Waals surface area contributed by atoms with Gasteiger partial charge in [0.05, 0.1) is 15.9 Å². The van der Waals surface area contributed by atoms with Crippen molar-refractivity contribution in [2.75, 3.05) is 38.5 Å². The zero-order valence-electron chi connectivity index (χ0n) is 12.5. The van der Waals surface area contributed by atoms with Gasteiger partial charge in [-0.05, 0) is 45.6 Å². The summed E-state index contributed by atoms with van der Waals surface area (Å²) in [6.45, 7) is 2.95. The monoisotopic (exact) mass is 311 g/mol. The van der Waals surface area contributed by atoms with Gasteiger partial charge in [0.2, 0.25) is 0 Å². The molecule has 0 spiro atoms. The van der Waals surface area contributed by atoms with Gasteiger partial charge in [0, 0.05) is 12.6 Å². The van der Waals surface area contributed by atoms with Gasteiger partial charge < -0.3 is 16.0 Å². The molecule has 0 saturated heterocycles. The highest BCUT2D eigenvalue weighted by Crippen LogP contribution is 2.28. The Morgan fingerprint density at radius 2 is 1.86 bits per heavy atom. The van der Waals surface area contributed by atoms with E-state index in [-0.39, 0.29) is 11.4 Å². The third kappa shape index (κ3) is 5.62. The quantitative estimate of drug-likeness (QED) is 0.381. The molecule has 0 saturated carbocycles. The van der Waals surface area contributed by atoms with E-state index < -0.39 is 9.85 Å². The number of anilines is 1. The third-order valence-electron chi connectivity index (χ3n) is 3.16. The highest BCUT2D eigenvalue weighted by atomic mass is 16.6. The summed E-state index contributed by atoms with van der Waals surface area (Å²) in [4.78, 5) is 22.5. The predicted molar refractivity (Wildman–Crippen MR) is 84.0 cm³/mol. The molecule has 0 fully saturated rings. The Kier molecular flexibility index (Phi) is 7.20. The Morgan fingerprint density at radius 3 is 2.45 bits per heavy atom. The van der Waals surface area contributed by atoms with E-state index in [1.807, 2.05) is 7.05 Å². The van der Waals surface area contributed by atoms with E-state index in [0.29, 0.717) is 18.8 Å². The summed E-state index contributed by atoms with van der Waals surface area (Å²) in [5.74, 6) is 0. The Labute approximate surface area is 128 Å². The molecule has 0 unspecified atom stereocenters. The van der Waals surface area contributed by atoms with E-state index in [2.05, 4.69) is 10.2 Å². The first-order chi connectivity index (χ1) is 10.5. The first kappa shape index (κ1) is 17.8. The summed E-state index contributed by atoms with van der Waals surface area (Å²) in [5, 5.41) is 24.6. The molecule has 22 heavy (non-hydrogen) atoms. The number of benzene rings is 1. The SMILES string of the molecule is CN(CCCN)CCCNc1ccc([N+](=O)[O-])cc1[N+](=O)[O-]. The zero-order chi connectivity index (χ0) is 16.5. The topological polar surface area (TPSA) is 128 Å². The molecule has 1 aromatic rings. The molecule has 0 radical (unpaired) electrons. The highest BCUT2D eigenvalue weighted by molar-refractivity contribution is 5.65. The van der Waals surface area contributed by atoms with Gasteiger partial charge in [-0.3, -0.25) is 20.2 Å². The standard InChI is InChI=1S/C13H21N5O4/c1-16(8-2-6-14)9-3-7-15-12-5-4-11(17(19)20)10-13(12)18(21)22/h4-5,10,15H,2-3,6-9,14H2,1H3. The third-order valence-corrected chi connectivity index (χ3v) is 3.16. The van der Waals surface area contributed by atoms with Gasteiger partial charge in [-0.15, -0.1) is 0 Å². The van der Waals surface area contributed by atoms with Crippen LogP contribution >= 0.6 is 0 Å². The normalized spacial score (nSPS) is 10.7. The van der Waals surface area contributed by atoms with Crippen molar-refractivity contribution in [3.05, 3.63) is 38.4 Å². The van der Waals surface area contributed by atoms with Crippen LogP contribution in [-0.4, -0.2) is 48.0 Å². The minimum atomic E-state index is -0.650. The first-order valence-electron chi connectivity index (χ1n) is 7.01. The fourth-order valence-electron chi connectivity index (χ4n) is 1.98. The van der Waals surface area contributed by atoms with E-state index in [9.17, 15) is 20.2 Å². The van der Waals surface area contributed by atoms with Crippen molar-refractivity contribution in [3.8, 4) is 0 Å². The maximum Gasteiger partial charge on any atom is 0.299 e. The lowest BCUT2D eigenvalue weighted by atomic mass is 10.2. The second kappa shape index (κ2) is 8.90. The molecule has 0 aliphatic rings. The van der Waals surface area contributed by atoms with Crippen molar-refractivity contribution in [1.29, 1.82) is 0 Å². The van der Waals surface area contributed by atoms with Crippen LogP contribution in [0.25, 0.3) is 0 Å². The number of nitrogens with one attached hydrogen (secondary N) is 1. The molecule has 0 heterocycles. The molecule has 0 amide bonds. The van der Waals surface area contributed by atoms with Gasteiger partial charge in [-0.2, -0.15) is 0 Å². The molecule has 9 heteroatoms. The minimum Gasteiger partial charge on any atom is -0.379 e. The number of rotatable bonds is 10. The summed E-state index contributed by atoms with van der Waals surface area (Å²) >= 11 is 0. The van der Waals surface area contributed by atoms with Crippen LogP contribution in [0.1, 0.15) is 12.8 Å². The van der Waals surface area contributed by atoms with Crippen LogP contribution in [-0.2, 0) is 0 Å². The van der Waals surface area contributed by atoms with Crippen LogP contribution in [0.3, 0.4) is 0 Å². The van der Waals surface area contributed by atoms with Gasteiger partial charge >= 0.3 is 0 Å². The molecule has 0 atom stereocenters. The molecule has 3 N–H and O–H groups in total. The average Bonchev–Trinajstić information content (AvgIpc) is 2.49. The number of non-ortho nitro benzene ring substituents is 1. The molecule has 0 aliphatic carbocycles. The Hall–Kier alpha value is -2.26. The van der Waals surface area contributed by atoms with E-state index >= 15 is 0 Å². The van der Waals surface area contributed by atoms with Gasteiger partial charge in [0.15, 0.2) is 0 Å². The lowest BCUT2D eigenvalue weighted by Crippen LogP contribution is -2.24. The maximum atomic E-state index is 11.0. The van der Waals surface area contributed by atoms with Crippen molar-refractivity contribution >= 4 is 17.1 Å². The van der Waals surface area contributed by atoms with E-state index in [1.54, 1.807) is 0 Å². The van der Waals surface area contributed by atoms with Gasteiger partial charge in [-0.25, -0.2) is 0 Å². The van der Waals surface area contributed by atoms with Crippen molar-refractivity contribution in [3.63, 3.8) is 0 Å². The number of nitrogens with zero attached hydrogens (tertiary/aromatic N) is 3. The maximum absolute atomic E-state index is 11.0. The number of nitro groups is 2. The Balaban J connectivity index is 2.55. The number of hydrogen-bond acceptors (Lipinski definition) is 7. The summed E-state index contributed by atoms with van der Waals surface area (Å²) in [6, 6.07) is 3.59. The van der Waals surface area contributed by atoms with Crippen LogP contribution in [0, 0.1) is 20.2 Å². The summed E-state index contributed by atoms with van der Waals surface area (Å²) in [5.41, 5.74) is 5.15. The number of nitro benzene ring substituents is 2. The highest BCUT2D eigenvalue weighted by Gasteiger charge is 2.18. The van der Waals surface area contributed by atoms with E-state index in [1.165, 1.54) is 12.1 Å². The summed E-state index contributed by atoms with van der Waals surface area (Å²) in [7, 11) is 1.99. The van der Waals surface area contributed by atoms with Crippen LogP contribution < -0.4 is 11.1 Å². The van der Waals surface area contributed by atoms with Crippen LogP contribution in [0.5, 0.6) is 0 Å². The molecule has 9 nitrogen and oxygen atoms in total. The Bertz CT molecular complexity index is 523. The molecule has 0 bridgehead atoms. The van der Waals surface area contributed by atoms with Crippen LogP contribution in [0.15, 0.2) is 18.2 Å². The van der Waals surface area contributed by atoms with Crippen LogP contribution in [0.2, 0.25) is 0 Å². The van der Waals surface area contributed by atoms with Crippen molar-refractivity contribution in [1.82, 2.24) is 4.90 Å². The molecule has 1 aromatic carbocycles. The van der Waals surface area contributed by atoms with Gasteiger partial charge in [0.25, 0.3) is 11.4 Å². The summed E-state index contributed by atoms with van der Waals surface area (Å²) in [6.07, 6.45) is 1.73. The molecule has 122 valence electrons. The Morgan fingerprint density at radius 1 is 1.18 bits per heavy atom. The van der Waals surface area contributed by atoms with E-state index in [4.69, 9.17) is 5.73 Å². The first-order valence-corrected chi connectivity index (χ1v) is 7.01. The van der Waals surface area contributed by atoms with Crippen molar-refractivity contribution in [2.45, 2.75) is 12.8 Å². The molecule has 0 aromatic heterocycles. The fourth-order valence-corrected chi connectivity index (χ4v) is 1.98. The van der Waals surface area contributed by atoms with E-state index in [0.717, 1.165) is 32.0 Å².